The maximum atomic E-state index is 13.5. The Balaban J connectivity index is 2.13. The lowest BCUT2D eigenvalue weighted by atomic mass is 10.0. The van der Waals surface area contributed by atoms with Crippen LogP contribution in [0.4, 0.5) is 27.6 Å². The summed E-state index contributed by atoms with van der Waals surface area (Å²) in [6.07, 6.45) is 0.810. The molecule has 0 aliphatic carbocycles. The number of halogens is 5. The van der Waals surface area contributed by atoms with Crippen LogP contribution in [-0.2, 0) is 6.42 Å². The molecule has 2 rings (SSSR count). The lowest BCUT2D eigenvalue weighted by molar-refractivity contribution is 0.0962. The fourth-order valence-corrected chi connectivity index (χ4v) is 2.17. The third kappa shape index (κ3) is 4.07. The van der Waals surface area contributed by atoms with Crippen molar-refractivity contribution in [2.75, 3.05) is 5.43 Å². The standard InChI is InChI=1S/C17H15F5N2O/c1-8(2)7-9-3-5-10(6-4-9)17(25)24-23-16-14(21)12(19)11(18)13(20)15(16)22/h3-6,8,23H,7H2,1-2H3,(H,24,25). The van der Waals surface area contributed by atoms with Gasteiger partial charge >= 0.3 is 0 Å². The maximum absolute atomic E-state index is 13.5. The fraction of sp³-hybridized carbons (Fsp3) is 0.235. The summed E-state index contributed by atoms with van der Waals surface area (Å²) < 4.78 is 66.1. The van der Waals surface area contributed by atoms with Gasteiger partial charge in [-0.1, -0.05) is 26.0 Å². The third-order valence-electron chi connectivity index (χ3n) is 3.37. The first-order valence-electron chi connectivity index (χ1n) is 7.39. The highest BCUT2D eigenvalue weighted by Crippen LogP contribution is 2.26. The molecule has 2 aromatic rings. The van der Waals surface area contributed by atoms with Gasteiger partial charge in [-0.15, -0.1) is 0 Å². The molecular weight excluding hydrogens is 343 g/mol. The smallest absolute Gasteiger partial charge is 0.269 e. The number of rotatable bonds is 5. The second-order valence-corrected chi connectivity index (χ2v) is 5.82. The van der Waals surface area contributed by atoms with Crippen molar-refractivity contribution in [1.82, 2.24) is 5.43 Å². The average Bonchev–Trinajstić information content (AvgIpc) is 2.58. The first kappa shape index (κ1) is 18.7. The van der Waals surface area contributed by atoms with Crippen LogP contribution in [0.2, 0.25) is 0 Å². The fourth-order valence-electron chi connectivity index (χ4n) is 2.17. The van der Waals surface area contributed by atoms with E-state index in [0.29, 0.717) is 5.92 Å². The lowest BCUT2D eigenvalue weighted by Gasteiger charge is -2.12. The zero-order valence-electron chi connectivity index (χ0n) is 13.4. The largest absolute Gasteiger partial charge is 0.293 e. The molecule has 0 aromatic heterocycles. The lowest BCUT2D eigenvalue weighted by Crippen LogP contribution is -2.31. The molecule has 25 heavy (non-hydrogen) atoms. The number of benzene rings is 2. The molecule has 134 valence electrons. The normalized spacial score (nSPS) is 10.9. The van der Waals surface area contributed by atoms with E-state index in [4.69, 9.17) is 0 Å². The van der Waals surface area contributed by atoms with Crippen molar-refractivity contribution in [3.05, 3.63) is 64.5 Å². The molecule has 3 nitrogen and oxygen atoms in total. The first-order chi connectivity index (χ1) is 11.7. The van der Waals surface area contributed by atoms with Gasteiger partial charge in [-0.2, -0.15) is 0 Å². The van der Waals surface area contributed by atoms with E-state index in [1.54, 1.807) is 17.6 Å². The molecule has 0 aliphatic rings. The number of carbonyl (C=O) groups excluding carboxylic acids is 1. The van der Waals surface area contributed by atoms with E-state index in [1.807, 2.05) is 19.3 Å². The van der Waals surface area contributed by atoms with Gasteiger partial charge < -0.3 is 0 Å². The number of hydrogen-bond acceptors (Lipinski definition) is 2. The minimum Gasteiger partial charge on any atom is -0.293 e. The Morgan fingerprint density at radius 1 is 0.880 bits per heavy atom. The number of carbonyl (C=O) groups is 1. The summed E-state index contributed by atoms with van der Waals surface area (Å²) >= 11 is 0. The molecular formula is C17H15F5N2O. The van der Waals surface area contributed by atoms with Crippen molar-refractivity contribution in [2.45, 2.75) is 20.3 Å². The van der Waals surface area contributed by atoms with Crippen molar-refractivity contribution < 1.29 is 26.7 Å². The SMILES string of the molecule is CC(C)Cc1ccc(C(=O)NNc2c(F)c(F)c(F)c(F)c2F)cc1. The van der Waals surface area contributed by atoms with Crippen molar-refractivity contribution in [1.29, 1.82) is 0 Å². The van der Waals surface area contributed by atoms with E-state index in [9.17, 15) is 26.7 Å². The highest BCUT2D eigenvalue weighted by atomic mass is 19.2. The predicted molar refractivity (Wildman–Crippen MR) is 82.3 cm³/mol. The number of hydrazine groups is 1. The molecule has 0 radical (unpaired) electrons. The van der Waals surface area contributed by atoms with Crippen LogP contribution in [0.25, 0.3) is 0 Å². The molecule has 0 spiro atoms. The van der Waals surface area contributed by atoms with E-state index in [2.05, 4.69) is 0 Å². The molecule has 0 unspecified atom stereocenters. The number of amides is 1. The zero-order chi connectivity index (χ0) is 18.7. The van der Waals surface area contributed by atoms with Gasteiger partial charge in [0.2, 0.25) is 5.82 Å². The van der Waals surface area contributed by atoms with Crippen LogP contribution >= 0.6 is 0 Å². The molecule has 0 atom stereocenters. The molecule has 0 heterocycles. The van der Waals surface area contributed by atoms with E-state index in [1.165, 1.54) is 12.1 Å². The Morgan fingerprint density at radius 3 is 1.84 bits per heavy atom. The van der Waals surface area contributed by atoms with Crippen LogP contribution in [0.5, 0.6) is 0 Å². The monoisotopic (exact) mass is 358 g/mol. The molecule has 0 fully saturated rings. The van der Waals surface area contributed by atoms with Crippen LogP contribution in [0.15, 0.2) is 24.3 Å². The van der Waals surface area contributed by atoms with Crippen molar-refractivity contribution in [3.63, 3.8) is 0 Å². The van der Waals surface area contributed by atoms with Gasteiger partial charge in [0, 0.05) is 5.56 Å². The van der Waals surface area contributed by atoms with Gasteiger partial charge in [0.05, 0.1) is 0 Å². The summed E-state index contributed by atoms with van der Waals surface area (Å²) in [4.78, 5) is 11.9. The van der Waals surface area contributed by atoms with Gasteiger partial charge in [-0.3, -0.25) is 15.6 Å². The topological polar surface area (TPSA) is 41.1 Å². The molecule has 8 heteroatoms. The number of anilines is 1. The van der Waals surface area contributed by atoms with Gasteiger partial charge in [0.15, 0.2) is 23.3 Å². The molecule has 1 amide bonds. The van der Waals surface area contributed by atoms with Crippen LogP contribution in [0.3, 0.4) is 0 Å². The van der Waals surface area contributed by atoms with E-state index in [-0.39, 0.29) is 5.56 Å². The summed E-state index contributed by atoms with van der Waals surface area (Å²) in [6.45, 7) is 4.07. The minimum atomic E-state index is -2.27. The van der Waals surface area contributed by atoms with Gasteiger partial charge in [-0.05, 0) is 30.0 Å². The van der Waals surface area contributed by atoms with Crippen molar-refractivity contribution in [2.24, 2.45) is 5.92 Å². The van der Waals surface area contributed by atoms with Gasteiger partial charge in [0.25, 0.3) is 5.91 Å². The Labute approximate surface area is 140 Å². The molecule has 0 aliphatic heterocycles. The highest BCUT2D eigenvalue weighted by Gasteiger charge is 2.26. The van der Waals surface area contributed by atoms with E-state index >= 15 is 0 Å². The van der Waals surface area contributed by atoms with Crippen LogP contribution < -0.4 is 10.9 Å². The Morgan fingerprint density at radius 2 is 1.36 bits per heavy atom. The second kappa shape index (κ2) is 7.50. The van der Waals surface area contributed by atoms with Crippen LogP contribution in [0, 0.1) is 35.0 Å². The van der Waals surface area contributed by atoms with Crippen molar-refractivity contribution in [3.8, 4) is 0 Å². The molecule has 2 aromatic carbocycles. The average molecular weight is 358 g/mol. The molecule has 2 N–H and O–H groups in total. The van der Waals surface area contributed by atoms with E-state index < -0.39 is 40.7 Å². The maximum Gasteiger partial charge on any atom is 0.269 e. The van der Waals surface area contributed by atoms with E-state index in [0.717, 1.165) is 12.0 Å². The summed E-state index contributed by atoms with van der Waals surface area (Å²) in [5, 5.41) is 0. The Kier molecular flexibility index (Phi) is 5.61. The quantitative estimate of drug-likeness (QED) is 0.361. The molecule has 0 bridgehead atoms. The summed E-state index contributed by atoms with van der Waals surface area (Å²) in [7, 11) is 0. The van der Waals surface area contributed by atoms with Gasteiger partial charge in [0.1, 0.15) is 5.69 Å². The number of hydrogen-bond donors (Lipinski definition) is 2. The van der Waals surface area contributed by atoms with Gasteiger partial charge in [-0.25, -0.2) is 22.0 Å². The molecule has 0 saturated heterocycles. The Bertz CT molecular complexity index is 762. The third-order valence-corrected chi connectivity index (χ3v) is 3.37. The summed E-state index contributed by atoms with van der Waals surface area (Å²) in [5.41, 5.74) is 3.47. The summed E-state index contributed by atoms with van der Waals surface area (Å²) in [5.74, 6) is -11.0. The summed E-state index contributed by atoms with van der Waals surface area (Å²) in [6, 6.07) is 6.42. The van der Waals surface area contributed by atoms with Crippen LogP contribution in [0.1, 0.15) is 29.8 Å². The highest BCUT2D eigenvalue weighted by molar-refractivity contribution is 5.94. The minimum absolute atomic E-state index is 0.156. The number of nitrogens with one attached hydrogen (secondary N) is 2. The zero-order valence-corrected chi connectivity index (χ0v) is 13.4. The van der Waals surface area contributed by atoms with Crippen LogP contribution in [-0.4, -0.2) is 5.91 Å². The molecule has 0 saturated carbocycles. The first-order valence-corrected chi connectivity index (χ1v) is 7.39. The predicted octanol–water partition coefficient (Wildman–Crippen LogP) is 4.34. The second-order valence-electron chi connectivity index (χ2n) is 5.82. The Hall–Kier alpha value is -2.64. The van der Waals surface area contributed by atoms with Crippen molar-refractivity contribution >= 4 is 11.6 Å².